The van der Waals surface area contributed by atoms with Gasteiger partial charge in [0.15, 0.2) is 0 Å². The second-order valence-corrected chi connectivity index (χ2v) is 6.15. The van der Waals surface area contributed by atoms with Crippen molar-refractivity contribution in [2.45, 2.75) is 44.4 Å². The Bertz CT molecular complexity index is 425. The normalized spacial score (nSPS) is 18.7. The van der Waals surface area contributed by atoms with Crippen LogP contribution in [0.5, 0.6) is 5.75 Å². The molecule has 1 aliphatic carbocycles. The third-order valence-electron chi connectivity index (χ3n) is 4.31. The number of rotatable bonds is 3. The van der Waals surface area contributed by atoms with E-state index in [2.05, 4.69) is 35.0 Å². The highest BCUT2D eigenvalue weighted by molar-refractivity contribution is 9.10. The summed E-state index contributed by atoms with van der Waals surface area (Å²) in [6, 6.07) is 4.11. The highest BCUT2D eigenvalue weighted by Gasteiger charge is 2.36. The lowest BCUT2D eigenvalue weighted by atomic mass is 9.68. The van der Waals surface area contributed by atoms with E-state index in [9.17, 15) is 0 Å². The lowest BCUT2D eigenvalue weighted by Crippen LogP contribution is -2.38. The third kappa shape index (κ3) is 2.30. The number of halogens is 1. The van der Waals surface area contributed by atoms with Gasteiger partial charge in [0.2, 0.25) is 0 Å². The number of methoxy groups -OCH3 is 1. The summed E-state index contributed by atoms with van der Waals surface area (Å²) < 4.78 is 6.73. The molecule has 0 amide bonds. The summed E-state index contributed by atoms with van der Waals surface area (Å²) in [7, 11) is 1.75. The van der Waals surface area contributed by atoms with Crippen LogP contribution in [-0.2, 0) is 5.41 Å². The van der Waals surface area contributed by atoms with Crippen LogP contribution in [0, 0.1) is 6.92 Å². The van der Waals surface area contributed by atoms with E-state index < -0.39 is 0 Å². The van der Waals surface area contributed by atoms with Crippen LogP contribution in [0.1, 0.15) is 43.2 Å². The van der Waals surface area contributed by atoms with Crippen molar-refractivity contribution in [3.05, 3.63) is 27.7 Å². The minimum atomic E-state index is 0.109. The molecule has 2 N–H and O–H groups in total. The smallest absolute Gasteiger partial charge is 0.123 e. The zero-order chi connectivity index (χ0) is 13.2. The standard InChI is InChI=1S/C15H22BrNO/c1-11-12(16)6-7-13(18-2)14(11)15(10-17)8-4-3-5-9-15/h6-7H,3-5,8-10,17H2,1-2H3. The predicted molar refractivity (Wildman–Crippen MR) is 79.2 cm³/mol. The molecule has 2 rings (SSSR count). The number of nitrogens with two attached hydrogens (primary N) is 1. The third-order valence-corrected chi connectivity index (χ3v) is 5.17. The van der Waals surface area contributed by atoms with Crippen molar-refractivity contribution >= 4 is 15.9 Å². The molecule has 1 aliphatic rings. The first kappa shape index (κ1) is 13.9. The monoisotopic (exact) mass is 311 g/mol. The second kappa shape index (κ2) is 5.62. The van der Waals surface area contributed by atoms with E-state index >= 15 is 0 Å². The molecule has 3 heteroatoms. The average Bonchev–Trinajstić information content (AvgIpc) is 2.42. The van der Waals surface area contributed by atoms with Gasteiger partial charge >= 0.3 is 0 Å². The maximum Gasteiger partial charge on any atom is 0.123 e. The lowest BCUT2D eigenvalue weighted by Gasteiger charge is -2.39. The Morgan fingerprint density at radius 1 is 1.28 bits per heavy atom. The maximum atomic E-state index is 6.14. The molecule has 18 heavy (non-hydrogen) atoms. The SMILES string of the molecule is COc1ccc(Br)c(C)c1C1(CN)CCCCC1. The van der Waals surface area contributed by atoms with Gasteiger partial charge < -0.3 is 10.5 Å². The second-order valence-electron chi connectivity index (χ2n) is 5.29. The van der Waals surface area contributed by atoms with E-state index in [1.165, 1.54) is 43.2 Å². The van der Waals surface area contributed by atoms with Crippen LogP contribution in [-0.4, -0.2) is 13.7 Å². The molecule has 1 aromatic rings. The van der Waals surface area contributed by atoms with Gasteiger partial charge in [0.25, 0.3) is 0 Å². The Morgan fingerprint density at radius 2 is 1.94 bits per heavy atom. The quantitative estimate of drug-likeness (QED) is 0.918. The van der Waals surface area contributed by atoms with Crippen LogP contribution < -0.4 is 10.5 Å². The van der Waals surface area contributed by atoms with Crippen molar-refractivity contribution in [1.82, 2.24) is 0 Å². The predicted octanol–water partition coefficient (Wildman–Crippen LogP) is 3.93. The Hall–Kier alpha value is -0.540. The zero-order valence-corrected chi connectivity index (χ0v) is 12.8. The lowest BCUT2D eigenvalue weighted by molar-refractivity contribution is 0.286. The van der Waals surface area contributed by atoms with Crippen molar-refractivity contribution in [3.8, 4) is 5.75 Å². The molecule has 100 valence electrons. The van der Waals surface area contributed by atoms with Gasteiger partial charge in [-0.15, -0.1) is 0 Å². The first-order chi connectivity index (χ1) is 8.64. The Balaban J connectivity index is 2.56. The number of hydrogen-bond acceptors (Lipinski definition) is 2. The van der Waals surface area contributed by atoms with E-state index in [0.29, 0.717) is 6.54 Å². The van der Waals surface area contributed by atoms with Gasteiger partial charge in [-0.05, 0) is 37.5 Å². The topological polar surface area (TPSA) is 35.2 Å². The average molecular weight is 312 g/mol. The summed E-state index contributed by atoms with van der Waals surface area (Å²) in [6.45, 7) is 2.87. The van der Waals surface area contributed by atoms with E-state index in [0.717, 1.165) is 10.2 Å². The Labute approximate surface area is 118 Å². The molecule has 1 fully saturated rings. The minimum absolute atomic E-state index is 0.109. The molecular formula is C15H22BrNO. The zero-order valence-electron chi connectivity index (χ0n) is 11.3. The Kier molecular flexibility index (Phi) is 4.33. The number of benzene rings is 1. The van der Waals surface area contributed by atoms with E-state index in [1.807, 2.05) is 0 Å². The maximum absolute atomic E-state index is 6.14. The molecular weight excluding hydrogens is 290 g/mol. The summed E-state index contributed by atoms with van der Waals surface area (Å²) in [5.74, 6) is 0.989. The van der Waals surface area contributed by atoms with Gasteiger partial charge in [-0.1, -0.05) is 35.2 Å². The molecule has 1 saturated carbocycles. The fraction of sp³-hybridized carbons (Fsp3) is 0.600. The van der Waals surface area contributed by atoms with Crippen molar-refractivity contribution in [1.29, 1.82) is 0 Å². The van der Waals surface area contributed by atoms with Gasteiger partial charge in [0, 0.05) is 22.0 Å². The van der Waals surface area contributed by atoms with Gasteiger partial charge in [-0.3, -0.25) is 0 Å². The molecule has 0 aliphatic heterocycles. The minimum Gasteiger partial charge on any atom is -0.496 e. The molecule has 0 bridgehead atoms. The summed E-state index contributed by atoms with van der Waals surface area (Å²) in [5, 5.41) is 0. The summed E-state index contributed by atoms with van der Waals surface area (Å²) >= 11 is 3.63. The van der Waals surface area contributed by atoms with Gasteiger partial charge in [-0.2, -0.15) is 0 Å². The van der Waals surface area contributed by atoms with Crippen LogP contribution in [0.15, 0.2) is 16.6 Å². The molecule has 2 nitrogen and oxygen atoms in total. The van der Waals surface area contributed by atoms with E-state index in [1.54, 1.807) is 7.11 Å². The van der Waals surface area contributed by atoms with E-state index in [-0.39, 0.29) is 5.41 Å². The van der Waals surface area contributed by atoms with Crippen molar-refractivity contribution in [2.75, 3.05) is 13.7 Å². The van der Waals surface area contributed by atoms with E-state index in [4.69, 9.17) is 10.5 Å². The van der Waals surface area contributed by atoms with Crippen LogP contribution >= 0.6 is 15.9 Å². The molecule has 0 radical (unpaired) electrons. The molecule has 0 spiro atoms. The van der Waals surface area contributed by atoms with Gasteiger partial charge in [0.05, 0.1) is 7.11 Å². The number of ether oxygens (including phenoxy) is 1. The number of hydrogen-bond donors (Lipinski definition) is 1. The molecule has 0 aromatic heterocycles. The molecule has 0 unspecified atom stereocenters. The van der Waals surface area contributed by atoms with Gasteiger partial charge in [-0.25, -0.2) is 0 Å². The fourth-order valence-corrected chi connectivity index (χ4v) is 3.61. The highest BCUT2D eigenvalue weighted by Crippen LogP contribution is 2.45. The summed E-state index contributed by atoms with van der Waals surface area (Å²) in [4.78, 5) is 0. The van der Waals surface area contributed by atoms with Crippen LogP contribution in [0.2, 0.25) is 0 Å². The van der Waals surface area contributed by atoms with Crippen LogP contribution in [0.4, 0.5) is 0 Å². The molecule has 1 aromatic carbocycles. The molecule has 0 saturated heterocycles. The van der Waals surface area contributed by atoms with Crippen molar-refractivity contribution in [3.63, 3.8) is 0 Å². The van der Waals surface area contributed by atoms with Crippen molar-refractivity contribution < 1.29 is 4.74 Å². The molecule has 0 heterocycles. The van der Waals surface area contributed by atoms with Crippen LogP contribution in [0.25, 0.3) is 0 Å². The summed E-state index contributed by atoms with van der Waals surface area (Å²) in [6.07, 6.45) is 6.23. The molecule has 0 atom stereocenters. The van der Waals surface area contributed by atoms with Crippen molar-refractivity contribution in [2.24, 2.45) is 5.73 Å². The fourth-order valence-electron chi connectivity index (χ4n) is 3.28. The van der Waals surface area contributed by atoms with Gasteiger partial charge in [0.1, 0.15) is 5.75 Å². The summed E-state index contributed by atoms with van der Waals surface area (Å²) in [5.41, 5.74) is 8.85. The first-order valence-corrected chi connectivity index (χ1v) is 7.47. The first-order valence-electron chi connectivity index (χ1n) is 6.68. The Morgan fingerprint density at radius 3 is 2.50 bits per heavy atom. The highest BCUT2D eigenvalue weighted by atomic mass is 79.9. The largest absolute Gasteiger partial charge is 0.496 e. The van der Waals surface area contributed by atoms with Crippen LogP contribution in [0.3, 0.4) is 0 Å².